The maximum Gasteiger partial charge on any atom is 0.242 e. The van der Waals surface area contributed by atoms with E-state index in [4.69, 9.17) is 0 Å². The molecule has 1 atom stereocenters. The number of hydrogen-bond donors (Lipinski definition) is 1. The van der Waals surface area contributed by atoms with Crippen LogP contribution in [0, 0.1) is 0 Å². The molecule has 5 nitrogen and oxygen atoms in total. The zero-order chi connectivity index (χ0) is 10.7. The second kappa shape index (κ2) is 4.39. The van der Waals surface area contributed by atoms with E-state index in [1.165, 1.54) is 5.56 Å². The summed E-state index contributed by atoms with van der Waals surface area (Å²) in [5, 5.41) is 18.7. The molecule has 0 aliphatic carbocycles. The van der Waals surface area contributed by atoms with E-state index in [0.717, 1.165) is 6.42 Å². The van der Waals surface area contributed by atoms with Crippen LogP contribution in [0.4, 0.5) is 5.95 Å². The summed E-state index contributed by atoms with van der Waals surface area (Å²) in [7, 11) is 1.82. The molecule has 0 aliphatic rings. The molecule has 0 saturated heterocycles. The third-order valence-electron chi connectivity index (χ3n) is 2.12. The van der Waals surface area contributed by atoms with Crippen molar-refractivity contribution in [2.24, 2.45) is 7.05 Å². The molecule has 0 bridgehead atoms. The van der Waals surface area contributed by atoms with E-state index < -0.39 is 0 Å². The first-order valence-corrected chi connectivity index (χ1v) is 5.70. The summed E-state index contributed by atoms with van der Waals surface area (Å²) in [6.45, 7) is 2.12. The van der Waals surface area contributed by atoms with Gasteiger partial charge in [0, 0.05) is 13.1 Å². The fourth-order valence-corrected chi connectivity index (χ4v) is 2.07. The predicted molar refractivity (Wildman–Crippen MR) is 59.9 cm³/mol. The molecule has 1 N–H and O–H groups in total. The number of aromatic nitrogens is 4. The minimum absolute atomic E-state index is 0.323. The molecule has 15 heavy (non-hydrogen) atoms. The number of tetrazole rings is 1. The average molecular weight is 223 g/mol. The summed E-state index contributed by atoms with van der Waals surface area (Å²) in [6.07, 6.45) is 0.982. The highest BCUT2D eigenvalue weighted by molar-refractivity contribution is 7.07. The second-order valence-corrected chi connectivity index (χ2v) is 4.29. The third kappa shape index (κ3) is 2.53. The maximum atomic E-state index is 3.88. The van der Waals surface area contributed by atoms with Crippen molar-refractivity contribution in [1.29, 1.82) is 0 Å². The molecule has 0 fully saturated rings. The first-order chi connectivity index (χ1) is 7.25. The molecule has 0 amide bonds. The van der Waals surface area contributed by atoms with Gasteiger partial charge in [-0.25, -0.2) is 4.68 Å². The minimum atomic E-state index is 0.323. The lowest BCUT2D eigenvalue weighted by atomic mass is 10.1. The van der Waals surface area contributed by atoms with Crippen LogP contribution in [-0.4, -0.2) is 26.2 Å². The number of aryl methyl sites for hydroxylation is 1. The summed E-state index contributed by atoms with van der Waals surface area (Å²) < 4.78 is 1.63. The molecule has 80 valence electrons. The maximum absolute atomic E-state index is 3.88. The summed E-state index contributed by atoms with van der Waals surface area (Å²) in [6, 6.07) is 2.46. The number of hydrogen-bond acceptors (Lipinski definition) is 5. The number of anilines is 1. The molecule has 2 heterocycles. The Morgan fingerprint density at radius 2 is 2.47 bits per heavy atom. The Morgan fingerprint density at radius 1 is 1.60 bits per heavy atom. The van der Waals surface area contributed by atoms with Gasteiger partial charge in [-0.3, -0.25) is 0 Å². The summed E-state index contributed by atoms with van der Waals surface area (Å²) >= 11 is 1.72. The number of nitrogens with one attached hydrogen (secondary N) is 1. The molecular formula is C9H13N5S. The van der Waals surface area contributed by atoms with Crippen molar-refractivity contribution in [3.63, 3.8) is 0 Å². The van der Waals surface area contributed by atoms with Crippen LogP contribution in [0.5, 0.6) is 0 Å². The third-order valence-corrected chi connectivity index (χ3v) is 2.85. The van der Waals surface area contributed by atoms with Crippen molar-refractivity contribution in [2.45, 2.75) is 19.4 Å². The topological polar surface area (TPSA) is 55.6 Å². The van der Waals surface area contributed by atoms with E-state index in [2.05, 4.69) is 44.6 Å². The molecule has 0 spiro atoms. The van der Waals surface area contributed by atoms with Gasteiger partial charge in [-0.05, 0) is 46.2 Å². The van der Waals surface area contributed by atoms with Gasteiger partial charge >= 0.3 is 0 Å². The monoisotopic (exact) mass is 223 g/mol. The van der Waals surface area contributed by atoms with Crippen LogP contribution >= 0.6 is 11.3 Å². The van der Waals surface area contributed by atoms with Crippen LogP contribution in [0.1, 0.15) is 12.5 Å². The number of nitrogens with zero attached hydrogens (tertiary/aromatic N) is 4. The van der Waals surface area contributed by atoms with Gasteiger partial charge < -0.3 is 5.32 Å². The Morgan fingerprint density at radius 3 is 3.07 bits per heavy atom. The quantitative estimate of drug-likeness (QED) is 0.849. The van der Waals surface area contributed by atoms with Crippen molar-refractivity contribution in [1.82, 2.24) is 20.2 Å². The highest BCUT2D eigenvalue weighted by atomic mass is 32.1. The molecule has 2 aromatic heterocycles. The predicted octanol–water partition coefficient (Wildman–Crippen LogP) is 1.31. The molecule has 0 saturated carbocycles. The Kier molecular flexibility index (Phi) is 2.96. The van der Waals surface area contributed by atoms with Crippen molar-refractivity contribution in [3.8, 4) is 0 Å². The van der Waals surface area contributed by atoms with E-state index in [0.29, 0.717) is 12.0 Å². The van der Waals surface area contributed by atoms with Gasteiger partial charge in [-0.1, -0.05) is 5.10 Å². The normalized spacial score (nSPS) is 12.7. The van der Waals surface area contributed by atoms with Gasteiger partial charge in [0.05, 0.1) is 0 Å². The SMILES string of the molecule is CC(Cc1ccsc1)Nc1nnnn1C. The van der Waals surface area contributed by atoms with Crippen LogP contribution in [0.3, 0.4) is 0 Å². The van der Waals surface area contributed by atoms with Crippen molar-refractivity contribution in [2.75, 3.05) is 5.32 Å². The van der Waals surface area contributed by atoms with E-state index in [9.17, 15) is 0 Å². The Bertz CT molecular complexity index is 408. The van der Waals surface area contributed by atoms with Gasteiger partial charge in [-0.15, -0.1) is 0 Å². The second-order valence-electron chi connectivity index (χ2n) is 3.51. The Balaban J connectivity index is 1.93. The Labute approximate surface area is 92.1 Å². The smallest absolute Gasteiger partial charge is 0.242 e. The van der Waals surface area contributed by atoms with E-state index >= 15 is 0 Å². The lowest BCUT2D eigenvalue weighted by Crippen LogP contribution is -2.20. The van der Waals surface area contributed by atoms with Crippen LogP contribution in [0.15, 0.2) is 16.8 Å². The fraction of sp³-hybridized carbons (Fsp3) is 0.444. The summed E-state index contributed by atoms with van der Waals surface area (Å²) in [4.78, 5) is 0. The van der Waals surface area contributed by atoms with Gasteiger partial charge in [0.1, 0.15) is 0 Å². The molecule has 2 aromatic rings. The van der Waals surface area contributed by atoms with Crippen molar-refractivity contribution < 1.29 is 0 Å². The van der Waals surface area contributed by atoms with Gasteiger partial charge in [0.15, 0.2) is 0 Å². The highest BCUT2D eigenvalue weighted by Gasteiger charge is 2.07. The summed E-state index contributed by atoms with van der Waals surface area (Å²) in [5.41, 5.74) is 1.34. The highest BCUT2D eigenvalue weighted by Crippen LogP contribution is 2.10. The molecule has 6 heteroatoms. The van der Waals surface area contributed by atoms with Crippen molar-refractivity contribution in [3.05, 3.63) is 22.4 Å². The summed E-state index contributed by atoms with van der Waals surface area (Å²) in [5.74, 6) is 0.706. The van der Waals surface area contributed by atoms with Crippen LogP contribution < -0.4 is 5.32 Å². The lowest BCUT2D eigenvalue weighted by Gasteiger charge is -2.12. The number of rotatable bonds is 4. The van der Waals surface area contributed by atoms with Crippen molar-refractivity contribution >= 4 is 17.3 Å². The molecule has 0 radical (unpaired) electrons. The van der Waals surface area contributed by atoms with Crippen LogP contribution in [0.2, 0.25) is 0 Å². The fourth-order valence-electron chi connectivity index (χ4n) is 1.39. The number of thiophene rings is 1. The molecular weight excluding hydrogens is 210 g/mol. The zero-order valence-corrected chi connectivity index (χ0v) is 9.53. The van der Waals surface area contributed by atoms with E-state index in [1.807, 2.05) is 7.05 Å². The van der Waals surface area contributed by atoms with Crippen LogP contribution in [0.25, 0.3) is 0 Å². The minimum Gasteiger partial charge on any atom is -0.350 e. The van der Waals surface area contributed by atoms with E-state index in [1.54, 1.807) is 16.0 Å². The van der Waals surface area contributed by atoms with Gasteiger partial charge in [0.2, 0.25) is 5.95 Å². The zero-order valence-electron chi connectivity index (χ0n) is 8.71. The van der Waals surface area contributed by atoms with Gasteiger partial charge in [-0.2, -0.15) is 11.3 Å². The lowest BCUT2D eigenvalue weighted by molar-refractivity contribution is 0.699. The average Bonchev–Trinajstić information content (AvgIpc) is 2.79. The standard InChI is InChI=1S/C9H13N5S/c1-7(5-8-3-4-15-6-8)10-9-11-12-13-14(9)2/h3-4,6-7H,5H2,1-2H3,(H,10,11,13). The first-order valence-electron chi connectivity index (χ1n) is 4.75. The van der Waals surface area contributed by atoms with E-state index in [-0.39, 0.29) is 0 Å². The first kappa shape index (κ1) is 10.1. The molecule has 0 aromatic carbocycles. The van der Waals surface area contributed by atoms with Gasteiger partial charge in [0.25, 0.3) is 0 Å². The molecule has 0 aliphatic heterocycles. The molecule has 1 unspecified atom stereocenters. The molecule has 2 rings (SSSR count). The largest absolute Gasteiger partial charge is 0.350 e. The Hall–Kier alpha value is -1.43. The van der Waals surface area contributed by atoms with Crippen LogP contribution in [-0.2, 0) is 13.5 Å².